The molecule has 3 fully saturated rings. The first kappa shape index (κ1) is 19.3. The van der Waals surface area contributed by atoms with Crippen LogP contribution in [0.25, 0.3) is 0 Å². The lowest BCUT2D eigenvalue weighted by Gasteiger charge is -2.40. The van der Waals surface area contributed by atoms with Crippen LogP contribution >= 0.6 is 0 Å². The Hall–Kier alpha value is -2.06. The van der Waals surface area contributed by atoms with Crippen molar-refractivity contribution in [1.82, 2.24) is 5.32 Å². The number of aliphatic hydroxyl groups excluding tert-OH is 1. The summed E-state index contributed by atoms with van der Waals surface area (Å²) in [5.41, 5.74) is -0.0714. The number of imide groups is 1. The van der Waals surface area contributed by atoms with Crippen LogP contribution in [0.3, 0.4) is 0 Å². The molecule has 3 saturated heterocycles. The van der Waals surface area contributed by atoms with Crippen LogP contribution in [0.15, 0.2) is 12.1 Å². The molecule has 28 heavy (non-hydrogen) atoms. The number of halogens is 2. The summed E-state index contributed by atoms with van der Waals surface area (Å²) in [6, 6.07) is 2.54. The summed E-state index contributed by atoms with van der Waals surface area (Å²) in [7, 11) is 0. The number of nitrogens with zero attached hydrogens (tertiary/aromatic N) is 1. The molecule has 2 N–H and O–H groups in total. The Balaban J connectivity index is 1.48. The zero-order valence-electron chi connectivity index (χ0n) is 15.5. The standard InChI is InChI=1S/C20H24F2N2O4/c21-15-9-12(10-16(22)18(15)14-1-2-17(26)23-19(14)27)24-7-5-20(6-8-24)4-3-13(11-25)28-20/h9-10,13-14,25H,1-8,11H2,(H,23,26,27). The lowest BCUT2D eigenvalue weighted by Crippen LogP contribution is -2.45. The summed E-state index contributed by atoms with van der Waals surface area (Å²) >= 11 is 0. The number of hydrogen-bond acceptors (Lipinski definition) is 5. The SMILES string of the molecule is O=C1CCC(c2c(F)cc(N3CCC4(CCC(CO)O4)CC3)cc2F)C(=O)N1. The minimum absolute atomic E-state index is 0.0175. The molecule has 0 saturated carbocycles. The first-order valence-corrected chi connectivity index (χ1v) is 9.77. The maximum absolute atomic E-state index is 14.7. The van der Waals surface area contributed by atoms with E-state index in [9.17, 15) is 23.5 Å². The predicted molar refractivity (Wildman–Crippen MR) is 96.9 cm³/mol. The third-order valence-corrected chi connectivity index (χ3v) is 6.23. The lowest BCUT2D eigenvalue weighted by molar-refractivity contribution is -0.134. The van der Waals surface area contributed by atoms with Gasteiger partial charge < -0.3 is 14.7 Å². The summed E-state index contributed by atoms with van der Waals surface area (Å²) < 4.78 is 35.4. The van der Waals surface area contributed by atoms with Crippen molar-refractivity contribution in [1.29, 1.82) is 0 Å². The summed E-state index contributed by atoms with van der Waals surface area (Å²) in [6.07, 6.45) is 3.26. The van der Waals surface area contributed by atoms with Gasteiger partial charge in [0.2, 0.25) is 11.8 Å². The maximum atomic E-state index is 14.7. The molecule has 8 heteroatoms. The van der Waals surface area contributed by atoms with Crippen LogP contribution in [0.1, 0.15) is 50.0 Å². The van der Waals surface area contributed by atoms with Crippen molar-refractivity contribution >= 4 is 17.5 Å². The van der Waals surface area contributed by atoms with Crippen molar-refractivity contribution in [2.24, 2.45) is 0 Å². The average Bonchev–Trinajstić information content (AvgIpc) is 3.06. The quantitative estimate of drug-likeness (QED) is 0.767. The van der Waals surface area contributed by atoms with E-state index in [1.54, 1.807) is 0 Å². The molecule has 2 unspecified atom stereocenters. The Kier molecular flexibility index (Phi) is 5.09. The van der Waals surface area contributed by atoms with Gasteiger partial charge in [-0.3, -0.25) is 14.9 Å². The number of aliphatic hydroxyl groups is 1. The molecule has 2 amide bonds. The Bertz CT molecular complexity index is 769. The molecule has 0 bridgehead atoms. The van der Waals surface area contributed by atoms with Crippen LogP contribution < -0.4 is 10.2 Å². The zero-order valence-corrected chi connectivity index (χ0v) is 15.5. The van der Waals surface area contributed by atoms with E-state index in [1.807, 2.05) is 4.90 Å². The molecule has 3 aliphatic heterocycles. The van der Waals surface area contributed by atoms with Crippen LogP contribution in [0, 0.1) is 11.6 Å². The number of carbonyl (C=O) groups is 2. The maximum Gasteiger partial charge on any atom is 0.234 e. The molecule has 2 atom stereocenters. The third kappa shape index (κ3) is 3.51. The largest absolute Gasteiger partial charge is 0.394 e. The van der Waals surface area contributed by atoms with Gasteiger partial charge in [-0.05, 0) is 44.2 Å². The van der Waals surface area contributed by atoms with Gasteiger partial charge in [-0.25, -0.2) is 8.78 Å². The second-order valence-electron chi connectivity index (χ2n) is 7.96. The number of anilines is 1. The Morgan fingerprint density at radius 3 is 2.39 bits per heavy atom. The van der Waals surface area contributed by atoms with Gasteiger partial charge in [0.1, 0.15) is 11.6 Å². The van der Waals surface area contributed by atoms with E-state index >= 15 is 0 Å². The molecule has 3 aliphatic rings. The molecule has 0 aliphatic carbocycles. The predicted octanol–water partition coefficient (Wildman–Crippen LogP) is 2.00. The van der Waals surface area contributed by atoms with Crippen molar-refractivity contribution < 1.29 is 28.2 Å². The molecule has 1 aromatic carbocycles. The monoisotopic (exact) mass is 394 g/mol. The first-order valence-electron chi connectivity index (χ1n) is 9.77. The lowest BCUT2D eigenvalue weighted by atomic mass is 9.87. The number of amides is 2. The van der Waals surface area contributed by atoms with Gasteiger partial charge in [-0.15, -0.1) is 0 Å². The number of benzene rings is 1. The van der Waals surface area contributed by atoms with Crippen LogP contribution in [-0.4, -0.2) is 48.3 Å². The molecule has 152 valence electrons. The van der Waals surface area contributed by atoms with Gasteiger partial charge in [0.05, 0.1) is 24.2 Å². The van der Waals surface area contributed by atoms with Gasteiger partial charge in [-0.2, -0.15) is 0 Å². The van der Waals surface area contributed by atoms with Crippen LogP contribution in [0.5, 0.6) is 0 Å². The molecule has 1 aromatic rings. The molecule has 3 heterocycles. The molecule has 0 aromatic heterocycles. The van der Waals surface area contributed by atoms with E-state index in [-0.39, 0.29) is 36.7 Å². The van der Waals surface area contributed by atoms with Crippen molar-refractivity contribution in [3.63, 3.8) is 0 Å². The Labute approximate surface area is 161 Å². The Morgan fingerprint density at radius 1 is 1.14 bits per heavy atom. The van der Waals surface area contributed by atoms with E-state index in [1.165, 1.54) is 12.1 Å². The fourth-order valence-electron chi connectivity index (χ4n) is 4.62. The van der Waals surface area contributed by atoms with Crippen molar-refractivity contribution in [3.05, 3.63) is 29.3 Å². The molecule has 6 nitrogen and oxygen atoms in total. The zero-order chi connectivity index (χ0) is 19.9. The highest BCUT2D eigenvalue weighted by Gasteiger charge is 2.42. The second-order valence-corrected chi connectivity index (χ2v) is 7.96. The molecule has 1 spiro atoms. The fourth-order valence-corrected chi connectivity index (χ4v) is 4.62. The van der Waals surface area contributed by atoms with E-state index in [4.69, 9.17) is 4.74 Å². The van der Waals surface area contributed by atoms with E-state index in [0.29, 0.717) is 18.8 Å². The van der Waals surface area contributed by atoms with Crippen molar-refractivity contribution in [2.45, 2.75) is 56.1 Å². The smallest absolute Gasteiger partial charge is 0.234 e. The van der Waals surface area contributed by atoms with E-state index < -0.39 is 29.4 Å². The van der Waals surface area contributed by atoms with Gasteiger partial charge >= 0.3 is 0 Å². The minimum Gasteiger partial charge on any atom is -0.394 e. The number of carbonyl (C=O) groups excluding carboxylic acids is 2. The molecular formula is C20H24F2N2O4. The van der Waals surface area contributed by atoms with Gasteiger partial charge in [-0.1, -0.05) is 0 Å². The third-order valence-electron chi connectivity index (χ3n) is 6.23. The van der Waals surface area contributed by atoms with Crippen LogP contribution in [0.4, 0.5) is 14.5 Å². The van der Waals surface area contributed by atoms with Gasteiger partial charge in [0.25, 0.3) is 0 Å². The minimum atomic E-state index is -0.987. The highest BCUT2D eigenvalue weighted by atomic mass is 19.1. The van der Waals surface area contributed by atoms with Gasteiger partial charge in [0.15, 0.2) is 0 Å². The van der Waals surface area contributed by atoms with E-state index in [2.05, 4.69) is 5.32 Å². The van der Waals surface area contributed by atoms with E-state index in [0.717, 1.165) is 25.7 Å². The number of hydrogen-bond donors (Lipinski definition) is 2. The van der Waals surface area contributed by atoms with Crippen molar-refractivity contribution in [3.8, 4) is 0 Å². The first-order chi connectivity index (χ1) is 13.4. The summed E-state index contributed by atoms with van der Waals surface area (Å²) in [5.74, 6) is -3.58. The normalized spacial score (nSPS) is 27.3. The molecular weight excluding hydrogens is 370 g/mol. The average molecular weight is 394 g/mol. The van der Waals surface area contributed by atoms with Crippen LogP contribution in [-0.2, 0) is 14.3 Å². The second kappa shape index (κ2) is 7.40. The highest BCUT2D eigenvalue weighted by molar-refractivity contribution is 6.01. The Morgan fingerprint density at radius 2 is 1.82 bits per heavy atom. The fraction of sp³-hybridized carbons (Fsp3) is 0.600. The number of piperidine rings is 2. The number of nitrogens with one attached hydrogen (secondary N) is 1. The number of ether oxygens (including phenoxy) is 1. The van der Waals surface area contributed by atoms with Gasteiger partial charge in [0, 0.05) is 30.8 Å². The van der Waals surface area contributed by atoms with Crippen molar-refractivity contribution in [2.75, 3.05) is 24.6 Å². The summed E-state index contributed by atoms with van der Waals surface area (Å²) in [4.78, 5) is 25.2. The summed E-state index contributed by atoms with van der Waals surface area (Å²) in [6.45, 7) is 1.23. The van der Waals surface area contributed by atoms with Crippen LogP contribution in [0.2, 0.25) is 0 Å². The summed E-state index contributed by atoms with van der Waals surface area (Å²) in [5, 5.41) is 11.4. The number of rotatable bonds is 3. The topological polar surface area (TPSA) is 78.9 Å². The molecule has 4 rings (SSSR count). The molecule has 0 radical (unpaired) electrons. The highest BCUT2D eigenvalue weighted by Crippen LogP contribution is 2.40.